The van der Waals surface area contributed by atoms with E-state index in [1.807, 2.05) is 18.7 Å². The fraction of sp³-hybridized carbons (Fsp3) is 0.538. The SMILES string of the molecule is CCOCc1ccccc1CNCCSC. The first-order chi connectivity index (χ1) is 7.88. The number of hydrogen-bond acceptors (Lipinski definition) is 3. The Kier molecular flexibility index (Phi) is 7.30. The van der Waals surface area contributed by atoms with Gasteiger partial charge in [-0.1, -0.05) is 24.3 Å². The molecule has 0 heterocycles. The minimum Gasteiger partial charge on any atom is -0.377 e. The monoisotopic (exact) mass is 239 g/mol. The van der Waals surface area contributed by atoms with Gasteiger partial charge in [-0.3, -0.25) is 0 Å². The van der Waals surface area contributed by atoms with Crippen LogP contribution < -0.4 is 5.32 Å². The number of hydrogen-bond donors (Lipinski definition) is 1. The van der Waals surface area contributed by atoms with E-state index in [2.05, 4.69) is 35.8 Å². The third-order valence-electron chi connectivity index (χ3n) is 2.38. The Morgan fingerprint density at radius 3 is 2.69 bits per heavy atom. The zero-order chi connectivity index (χ0) is 11.6. The molecule has 1 aromatic rings. The zero-order valence-electron chi connectivity index (χ0n) is 10.2. The molecule has 0 aromatic heterocycles. The van der Waals surface area contributed by atoms with Gasteiger partial charge in [-0.15, -0.1) is 0 Å². The first-order valence-electron chi connectivity index (χ1n) is 5.72. The maximum atomic E-state index is 5.46. The van der Waals surface area contributed by atoms with Crippen molar-refractivity contribution in [3.8, 4) is 0 Å². The molecule has 0 bridgehead atoms. The molecule has 0 saturated carbocycles. The van der Waals surface area contributed by atoms with Crippen molar-refractivity contribution in [2.45, 2.75) is 20.1 Å². The Morgan fingerprint density at radius 2 is 2.00 bits per heavy atom. The van der Waals surface area contributed by atoms with Gasteiger partial charge in [-0.2, -0.15) is 11.8 Å². The van der Waals surface area contributed by atoms with Gasteiger partial charge < -0.3 is 10.1 Å². The lowest BCUT2D eigenvalue weighted by atomic mass is 10.1. The first kappa shape index (κ1) is 13.6. The Bertz CT molecular complexity index is 291. The molecule has 0 aliphatic rings. The summed E-state index contributed by atoms with van der Waals surface area (Å²) in [5.74, 6) is 1.16. The van der Waals surface area contributed by atoms with Crippen LogP contribution in [0.5, 0.6) is 0 Å². The summed E-state index contributed by atoms with van der Waals surface area (Å²) in [4.78, 5) is 0. The van der Waals surface area contributed by atoms with Crippen molar-refractivity contribution >= 4 is 11.8 Å². The van der Waals surface area contributed by atoms with Crippen molar-refractivity contribution in [2.75, 3.05) is 25.2 Å². The molecule has 0 atom stereocenters. The Labute approximate surface area is 103 Å². The van der Waals surface area contributed by atoms with E-state index in [1.165, 1.54) is 11.1 Å². The lowest BCUT2D eigenvalue weighted by Gasteiger charge is -2.10. The van der Waals surface area contributed by atoms with Crippen molar-refractivity contribution in [1.29, 1.82) is 0 Å². The molecule has 0 unspecified atom stereocenters. The van der Waals surface area contributed by atoms with Crippen LogP contribution in [0, 0.1) is 0 Å². The molecule has 1 rings (SSSR count). The van der Waals surface area contributed by atoms with Gasteiger partial charge in [0.15, 0.2) is 0 Å². The summed E-state index contributed by atoms with van der Waals surface area (Å²) in [6.07, 6.45) is 2.13. The van der Waals surface area contributed by atoms with Gasteiger partial charge in [0.05, 0.1) is 6.61 Å². The van der Waals surface area contributed by atoms with Crippen molar-refractivity contribution in [3.63, 3.8) is 0 Å². The van der Waals surface area contributed by atoms with E-state index in [1.54, 1.807) is 0 Å². The van der Waals surface area contributed by atoms with E-state index in [0.29, 0.717) is 0 Å². The fourth-order valence-corrected chi connectivity index (χ4v) is 1.83. The zero-order valence-corrected chi connectivity index (χ0v) is 11.0. The topological polar surface area (TPSA) is 21.3 Å². The van der Waals surface area contributed by atoms with Crippen molar-refractivity contribution < 1.29 is 4.74 Å². The van der Waals surface area contributed by atoms with E-state index in [0.717, 1.165) is 32.1 Å². The summed E-state index contributed by atoms with van der Waals surface area (Å²) in [7, 11) is 0. The molecule has 90 valence electrons. The summed E-state index contributed by atoms with van der Waals surface area (Å²) in [5.41, 5.74) is 2.64. The molecule has 0 fully saturated rings. The molecule has 0 aliphatic heterocycles. The summed E-state index contributed by atoms with van der Waals surface area (Å²) in [6.45, 7) is 5.51. The minimum atomic E-state index is 0.719. The molecule has 16 heavy (non-hydrogen) atoms. The van der Waals surface area contributed by atoms with Crippen molar-refractivity contribution in [3.05, 3.63) is 35.4 Å². The average molecular weight is 239 g/mol. The Morgan fingerprint density at radius 1 is 1.25 bits per heavy atom. The number of nitrogens with one attached hydrogen (secondary N) is 1. The number of thioether (sulfide) groups is 1. The number of benzene rings is 1. The van der Waals surface area contributed by atoms with E-state index in [9.17, 15) is 0 Å². The lowest BCUT2D eigenvalue weighted by Crippen LogP contribution is -2.17. The molecule has 0 aliphatic carbocycles. The second kappa shape index (κ2) is 8.62. The van der Waals surface area contributed by atoms with Gasteiger partial charge in [0.1, 0.15) is 0 Å². The summed E-state index contributed by atoms with van der Waals surface area (Å²) in [5, 5.41) is 3.44. The average Bonchev–Trinajstić information content (AvgIpc) is 2.33. The highest BCUT2D eigenvalue weighted by Crippen LogP contribution is 2.09. The van der Waals surface area contributed by atoms with Gasteiger partial charge in [0, 0.05) is 25.4 Å². The van der Waals surface area contributed by atoms with Gasteiger partial charge in [-0.05, 0) is 24.3 Å². The molecule has 1 aromatic carbocycles. The molecule has 1 N–H and O–H groups in total. The van der Waals surface area contributed by atoms with Crippen LogP contribution in [0.1, 0.15) is 18.1 Å². The molecular weight excluding hydrogens is 218 g/mol. The summed E-state index contributed by atoms with van der Waals surface area (Å²) < 4.78 is 5.46. The van der Waals surface area contributed by atoms with E-state index >= 15 is 0 Å². The lowest BCUT2D eigenvalue weighted by molar-refractivity contribution is 0.133. The van der Waals surface area contributed by atoms with Gasteiger partial charge in [0.25, 0.3) is 0 Å². The second-order valence-electron chi connectivity index (χ2n) is 3.58. The third kappa shape index (κ3) is 5.01. The van der Waals surface area contributed by atoms with Crippen molar-refractivity contribution in [1.82, 2.24) is 5.32 Å². The normalized spacial score (nSPS) is 10.6. The third-order valence-corrected chi connectivity index (χ3v) is 2.99. The highest BCUT2D eigenvalue weighted by atomic mass is 32.2. The molecule has 3 heteroatoms. The molecule has 0 radical (unpaired) electrons. The standard InChI is InChI=1S/C13H21NOS/c1-3-15-11-13-7-5-4-6-12(13)10-14-8-9-16-2/h4-7,14H,3,8-11H2,1-2H3. The van der Waals surface area contributed by atoms with Gasteiger partial charge in [-0.25, -0.2) is 0 Å². The highest BCUT2D eigenvalue weighted by molar-refractivity contribution is 7.98. The van der Waals surface area contributed by atoms with Crippen LogP contribution in [0.4, 0.5) is 0 Å². The highest BCUT2D eigenvalue weighted by Gasteiger charge is 2.00. The van der Waals surface area contributed by atoms with E-state index < -0.39 is 0 Å². The molecule has 0 amide bonds. The van der Waals surface area contributed by atoms with Crippen LogP contribution in [-0.4, -0.2) is 25.2 Å². The predicted octanol–water partition coefficient (Wildman–Crippen LogP) is 2.68. The van der Waals surface area contributed by atoms with Crippen LogP contribution >= 0.6 is 11.8 Å². The van der Waals surface area contributed by atoms with Gasteiger partial charge >= 0.3 is 0 Å². The summed E-state index contributed by atoms with van der Waals surface area (Å²) in [6, 6.07) is 8.46. The fourth-order valence-electron chi connectivity index (χ4n) is 1.48. The second-order valence-corrected chi connectivity index (χ2v) is 4.56. The predicted molar refractivity (Wildman–Crippen MR) is 71.9 cm³/mol. The quantitative estimate of drug-likeness (QED) is 0.705. The Hall–Kier alpha value is -0.510. The molecule has 0 saturated heterocycles. The smallest absolute Gasteiger partial charge is 0.0719 e. The van der Waals surface area contributed by atoms with Crippen LogP contribution in [0.15, 0.2) is 24.3 Å². The van der Waals surface area contributed by atoms with Crippen molar-refractivity contribution in [2.24, 2.45) is 0 Å². The van der Waals surface area contributed by atoms with Crippen LogP contribution in [-0.2, 0) is 17.9 Å². The van der Waals surface area contributed by atoms with Crippen LogP contribution in [0.2, 0.25) is 0 Å². The van der Waals surface area contributed by atoms with E-state index in [4.69, 9.17) is 4.74 Å². The van der Waals surface area contributed by atoms with E-state index in [-0.39, 0.29) is 0 Å². The molecule has 0 spiro atoms. The van der Waals surface area contributed by atoms with Crippen LogP contribution in [0.3, 0.4) is 0 Å². The maximum Gasteiger partial charge on any atom is 0.0719 e. The van der Waals surface area contributed by atoms with Crippen LogP contribution in [0.25, 0.3) is 0 Å². The number of rotatable bonds is 8. The number of ether oxygens (including phenoxy) is 1. The molecule has 2 nitrogen and oxygen atoms in total. The largest absolute Gasteiger partial charge is 0.377 e. The molecular formula is C13H21NOS. The Balaban J connectivity index is 2.43. The minimum absolute atomic E-state index is 0.719. The summed E-state index contributed by atoms with van der Waals surface area (Å²) >= 11 is 1.87. The first-order valence-corrected chi connectivity index (χ1v) is 7.12. The maximum absolute atomic E-state index is 5.46. The van der Waals surface area contributed by atoms with Gasteiger partial charge in [0.2, 0.25) is 0 Å².